The molecule has 1 aromatic carbocycles. The van der Waals surface area contributed by atoms with Gasteiger partial charge in [-0.25, -0.2) is 4.79 Å². The largest absolute Gasteiger partial charge is 0.423 e. The lowest BCUT2D eigenvalue weighted by molar-refractivity contribution is -0.188. The molecule has 2 aliphatic rings. The van der Waals surface area contributed by atoms with Gasteiger partial charge in [-0.3, -0.25) is 19.2 Å². The number of Topliss-reactive ketones (excluding diaryl/α,β-unsaturated/α-hetero) is 1. The van der Waals surface area contributed by atoms with E-state index in [2.05, 4.69) is 26.6 Å². The van der Waals surface area contributed by atoms with Gasteiger partial charge in [-0.2, -0.15) is 24.9 Å². The van der Waals surface area contributed by atoms with Gasteiger partial charge in [0.25, 0.3) is 5.91 Å². The second kappa shape index (κ2) is 23.7. The number of nitrogens with one attached hydrogen (secondary N) is 5. The maximum atomic E-state index is 13.2. The van der Waals surface area contributed by atoms with Crippen LogP contribution in [0.1, 0.15) is 81.1 Å². The van der Waals surface area contributed by atoms with Crippen LogP contribution in [0.3, 0.4) is 0 Å². The minimum Gasteiger partial charge on any atom is -0.379 e. The van der Waals surface area contributed by atoms with E-state index in [1.165, 1.54) is 0 Å². The van der Waals surface area contributed by atoms with Crippen molar-refractivity contribution in [1.29, 1.82) is 0 Å². The molecule has 4 atom stereocenters. The maximum Gasteiger partial charge on any atom is 0.423 e. The van der Waals surface area contributed by atoms with Gasteiger partial charge in [-0.05, 0) is 49.8 Å². The van der Waals surface area contributed by atoms with Crippen LogP contribution in [0.5, 0.6) is 0 Å². The average Bonchev–Trinajstić information content (AvgIpc) is 3.71. The van der Waals surface area contributed by atoms with Crippen molar-refractivity contribution in [3.63, 3.8) is 0 Å². The van der Waals surface area contributed by atoms with Crippen molar-refractivity contribution in [2.24, 2.45) is 17.4 Å². The second-order valence-corrected chi connectivity index (χ2v) is 15.5. The van der Waals surface area contributed by atoms with Crippen LogP contribution in [0.15, 0.2) is 24.3 Å². The first-order valence-electron chi connectivity index (χ1n) is 19.1. The van der Waals surface area contributed by atoms with E-state index in [4.69, 9.17) is 25.7 Å². The van der Waals surface area contributed by atoms with Crippen molar-refractivity contribution in [2.45, 2.75) is 100 Å². The summed E-state index contributed by atoms with van der Waals surface area (Å²) < 4.78 is 56.2. The van der Waals surface area contributed by atoms with E-state index >= 15 is 0 Å². The summed E-state index contributed by atoms with van der Waals surface area (Å²) in [5.74, 6) is -0.616. The van der Waals surface area contributed by atoms with Crippen LogP contribution in [0.4, 0.5) is 18.0 Å². The first-order valence-corrected chi connectivity index (χ1v) is 20.2. The molecule has 0 saturated carbocycles. The molecule has 2 aliphatic heterocycles. The normalized spacial score (nSPS) is 18.6. The van der Waals surface area contributed by atoms with Crippen molar-refractivity contribution < 1.29 is 51.4 Å². The van der Waals surface area contributed by atoms with E-state index in [1.54, 1.807) is 13.8 Å². The van der Waals surface area contributed by atoms with E-state index in [0.29, 0.717) is 70.7 Å². The molecule has 0 aliphatic carbocycles. The predicted octanol–water partition coefficient (Wildman–Crippen LogP) is 2.21. The second-order valence-electron chi connectivity index (χ2n) is 14.2. The number of hydrogen-bond acceptors (Lipinski definition) is 11. The number of carbonyl (C=O) groups excluding carboxylic acids is 5. The number of benzene rings is 1. The molecule has 0 spiro atoms. The van der Waals surface area contributed by atoms with Gasteiger partial charge in [-0.15, -0.1) is 0 Å². The fourth-order valence-electron chi connectivity index (χ4n) is 5.96. The van der Waals surface area contributed by atoms with Crippen LogP contribution in [0.2, 0.25) is 0 Å². The van der Waals surface area contributed by atoms with Crippen molar-refractivity contribution in [1.82, 2.24) is 26.6 Å². The Hall–Kier alpha value is -3.49. The molecular formula is C37H58F3N7O8S. The van der Waals surface area contributed by atoms with E-state index in [1.807, 2.05) is 11.8 Å². The van der Waals surface area contributed by atoms with Gasteiger partial charge in [-0.1, -0.05) is 32.4 Å². The third kappa shape index (κ3) is 15.8. The Morgan fingerprint density at radius 2 is 1.46 bits per heavy atom. The van der Waals surface area contributed by atoms with Gasteiger partial charge >= 0.3 is 12.2 Å². The van der Waals surface area contributed by atoms with Gasteiger partial charge in [0.05, 0.1) is 38.5 Å². The third-order valence-electron chi connectivity index (χ3n) is 9.42. The summed E-state index contributed by atoms with van der Waals surface area (Å²) in [5.41, 5.74) is 6.94. The number of alkyl halides is 3. The zero-order chi connectivity index (χ0) is 41.1. The molecule has 9 N–H and O–H groups in total. The summed E-state index contributed by atoms with van der Waals surface area (Å²) in [7, 11) is 0. The lowest BCUT2D eigenvalue weighted by atomic mass is 9.98. The van der Waals surface area contributed by atoms with Crippen LogP contribution >= 0.6 is 11.8 Å². The molecule has 1 aromatic rings. The fourth-order valence-corrected chi connectivity index (χ4v) is 7.51. The summed E-state index contributed by atoms with van der Waals surface area (Å²) in [4.78, 5) is 61.7. The number of fused-ring (bicyclic) bond motifs is 1. The van der Waals surface area contributed by atoms with Gasteiger partial charge in [0.1, 0.15) is 11.8 Å². The first-order chi connectivity index (χ1) is 26.6. The zero-order valence-electron chi connectivity index (χ0n) is 32.2. The van der Waals surface area contributed by atoms with E-state index in [0.717, 1.165) is 49.3 Å². The predicted molar refractivity (Wildman–Crippen MR) is 205 cm³/mol. The van der Waals surface area contributed by atoms with Crippen molar-refractivity contribution in [2.75, 3.05) is 58.5 Å². The molecule has 2 saturated heterocycles. The highest BCUT2D eigenvalue weighted by atomic mass is 32.2. The smallest absolute Gasteiger partial charge is 0.379 e. The van der Waals surface area contributed by atoms with Gasteiger partial charge in [0.15, 0.2) is 5.66 Å². The molecule has 316 valence electrons. The number of rotatable bonds is 27. The number of urea groups is 1. The van der Waals surface area contributed by atoms with Crippen LogP contribution in [-0.4, -0.2) is 118 Å². The van der Waals surface area contributed by atoms with E-state index in [9.17, 15) is 37.1 Å². The third-order valence-corrected chi connectivity index (χ3v) is 10.9. The molecule has 56 heavy (non-hydrogen) atoms. The summed E-state index contributed by atoms with van der Waals surface area (Å²) in [6.07, 6.45) is -0.458. The topological polar surface area (TPSA) is 225 Å². The number of halogens is 3. The van der Waals surface area contributed by atoms with Gasteiger partial charge in [0.2, 0.25) is 11.8 Å². The SMILES string of the molecule is CC(C)C(=O)CCC(NC(=O)c1ccc(C(N)(N)C(F)(F)F)cc1)C(=O)NCCCOCCOCCOCCCNC(=O)CCCCC1SCC2NC(=O)NC21. The van der Waals surface area contributed by atoms with Crippen molar-refractivity contribution in [3.05, 3.63) is 35.4 Å². The molecule has 5 amide bonds. The molecule has 0 radical (unpaired) electrons. The molecule has 4 unspecified atom stereocenters. The Balaban J connectivity index is 1.18. The Morgan fingerprint density at radius 3 is 2.07 bits per heavy atom. The van der Waals surface area contributed by atoms with Crippen LogP contribution < -0.4 is 38.1 Å². The highest BCUT2D eigenvalue weighted by Crippen LogP contribution is 2.34. The van der Waals surface area contributed by atoms with Crippen LogP contribution in [0.25, 0.3) is 0 Å². The summed E-state index contributed by atoms with van der Waals surface area (Å²) in [6.45, 7) is 6.54. The average molecular weight is 818 g/mol. The monoisotopic (exact) mass is 817 g/mol. The molecule has 2 heterocycles. The summed E-state index contributed by atoms with van der Waals surface area (Å²) in [5, 5.41) is 14.5. The molecule has 3 rings (SSSR count). The number of hydrogen-bond donors (Lipinski definition) is 7. The quantitative estimate of drug-likeness (QED) is 0.0387. The highest BCUT2D eigenvalue weighted by molar-refractivity contribution is 8.00. The van der Waals surface area contributed by atoms with Gasteiger partial charge in [0, 0.05) is 61.6 Å². The summed E-state index contributed by atoms with van der Waals surface area (Å²) in [6, 6.07) is 3.51. The minimum absolute atomic E-state index is 0.0150. The Labute approximate surface area is 330 Å². The first kappa shape index (κ1) is 46.9. The molecule has 0 aromatic heterocycles. The van der Waals surface area contributed by atoms with E-state index < -0.39 is 35.3 Å². The van der Waals surface area contributed by atoms with Crippen LogP contribution in [-0.2, 0) is 34.3 Å². The number of amides is 5. The van der Waals surface area contributed by atoms with Gasteiger partial charge < -0.3 is 52.3 Å². The number of unbranched alkanes of at least 4 members (excludes halogenated alkanes) is 1. The number of ketones is 1. The van der Waals surface area contributed by atoms with Crippen molar-refractivity contribution in [3.8, 4) is 0 Å². The molecule has 15 nitrogen and oxygen atoms in total. The molecule has 2 fully saturated rings. The lowest BCUT2D eigenvalue weighted by Gasteiger charge is -2.27. The Kier molecular flexibility index (Phi) is 19.8. The maximum absolute atomic E-state index is 13.2. The van der Waals surface area contributed by atoms with Crippen molar-refractivity contribution >= 4 is 41.3 Å². The Bertz CT molecular complexity index is 1420. The standard InChI is InChI=1S/C37H58F3N7O8S/c1-24(2)29(48)14-13-27(45-33(50)25-9-11-26(12-10-25)36(41,42)37(38,39)40)34(51)44-16-6-18-54-20-22-55-21-19-53-17-5-15-43-31(49)8-4-3-7-30-32-28(23-56-30)46-35(52)47-32/h9-12,24,27-28,30,32H,3-8,13-23,41-42H2,1-2H3,(H,43,49)(H,44,51)(H,45,50)(H2,46,47,52). The number of ether oxygens (including phenoxy) is 3. The zero-order valence-corrected chi connectivity index (χ0v) is 33.0. The Morgan fingerprint density at radius 1 is 0.857 bits per heavy atom. The number of carbonyl (C=O) groups is 5. The lowest BCUT2D eigenvalue weighted by Crippen LogP contribution is -2.57. The van der Waals surface area contributed by atoms with E-state index in [-0.39, 0.29) is 60.7 Å². The fraction of sp³-hybridized carbons (Fsp3) is 0.703. The molecular weight excluding hydrogens is 760 g/mol. The molecule has 0 bridgehead atoms. The van der Waals surface area contributed by atoms with Crippen LogP contribution in [0, 0.1) is 5.92 Å². The number of thioether (sulfide) groups is 1. The highest BCUT2D eigenvalue weighted by Gasteiger charge is 2.50. The minimum atomic E-state index is -4.92. The number of nitrogens with two attached hydrogens (primary N) is 2. The molecule has 19 heteroatoms. The summed E-state index contributed by atoms with van der Waals surface area (Å²) >= 11 is 1.88.